The molecule has 0 aliphatic carbocycles. The summed E-state index contributed by atoms with van der Waals surface area (Å²) >= 11 is 0. The van der Waals surface area contributed by atoms with Crippen molar-refractivity contribution in [2.75, 3.05) is 4.90 Å². The molecule has 34 heavy (non-hydrogen) atoms. The Labute approximate surface area is 207 Å². The van der Waals surface area contributed by atoms with Crippen molar-refractivity contribution in [2.45, 2.75) is 64.7 Å². The van der Waals surface area contributed by atoms with Gasteiger partial charge in [0.05, 0.1) is 12.1 Å². The van der Waals surface area contributed by atoms with Crippen LogP contribution in [-0.2, 0) is 27.3 Å². The van der Waals surface area contributed by atoms with E-state index in [0.717, 1.165) is 16.8 Å². The molecule has 4 N–H and O–H groups in total. The second-order valence-electron chi connectivity index (χ2n) is 9.68. The van der Waals surface area contributed by atoms with E-state index in [4.69, 9.17) is 5.73 Å². The van der Waals surface area contributed by atoms with Crippen molar-refractivity contribution in [1.29, 1.82) is 0 Å². The van der Waals surface area contributed by atoms with Gasteiger partial charge in [-0.05, 0) is 43.4 Å². The molecule has 0 saturated heterocycles. The van der Waals surface area contributed by atoms with Gasteiger partial charge in [-0.25, -0.2) is 0 Å². The quantitative estimate of drug-likeness (QED) is 0.533. The Morgan fingerprint density at radius 2 is 1.71 bits per heavy atom. The highest BCUT2D eigenvalue weighted by atomic mass is 35.5. The van der Waals surface area contributed by atoms with E-state index in [1.165, 1.54) is 0 Å². The zero-order valence-electron chi connectivity index (χ0n) is 20.2. The van der Waals surface area contributed by atoms with Crippen LogP contribution in [0.4, 0.5) is 5.69 Å². The van der Waals surface area contributed by atoms with E-state index in [1.807, 2.05) is 68.4 Å². The van der Waals surface area contributed by atoms with E-state index in [-0.39, 0.29) is 30.1 Å². The van der Waals surface area contributed by atoms with Crippen LogP contribution in [0.2, 0.25) is 0 Å². The lowest BCUT2D eigenvalue weighted by molar-refractivity contribution is -0.133. The lowest BCUT2D eigenvalue weighted by Crippen LogP contribution is -2.59. The first-order valence-electron chi connectivity index (χ1n) is 11.4. The number of halogens is 1. The molecule has 1 aliphatic heterocycles. The van der Waals surface area contributed by atoms with E-state index >= 15 is 0 Å². The van der Waals surface area contributed by atoms with Gasteiger partial charge < -0.3 is 21.3 Å². The third kappa shape index (κ3) is 6.81. The summed E-state index contributed by atoms with van der Waals surface area (Å²) in [5, 5.41) is 5.66. The molecule has 1 heterocycles. The Bertz CT molecular complexity index is 1000. The number of amides is 3. The molecule has 7 nitrogen and oxygen atoms in total. The molecule has 2 atom stereocenters. The predicted molar refractivity (Wildman–Crippen MR) is 137 cm³/mol. The third-order valence-electron chi connectivity index (χ3n) is 5.68. The Hall–Kier alpha value is -2.90. The lowest BCUT2D eigenvalue weighted by Gasteiger charge is -2.35. The number of benzene rings is 2. The van der Waals surface area contributed by atoms with E-state index in [0.29, 0.717) is 19.4 Å². The fourth-order valence-electron chi connectivity index (χ4n) is 3.92. The molecule has 3 rings (SSSR count). The van der Waals surface area contributed by atoms with Gasteiger partial charge in [-0.2, -0.15) is 0 Å². The highest BCUT2D eigenvalue weighted by Crippen LogP contribution is 2.29. The monoisotopic (exact) mass is 486 g/mol. The van der Waals surface area contributed by atoms with Gasteiger partial charge in [-0.1, -0.05) is 62.4 Å². The fraction of sp³-hybridized carbons (Fsp3) is 0.423. The van der Waals surface area contributed by atoms with Crippen molar-refractivity contribution >= 4 is 35.8 Å². The Balaban J connectivity index is 0.00000408. The number of fused-ring (bicyclic) bond motifs is 1. The van der Waals surface area contributed by atoms with Crippen LogP contribution in [-0.4, -0.2) is 35.3 Å². The number of nitrogens with two attached hydrogens (primary N) is 1. The molecular weight excluding hydrogens is 452 g/mol. The number of rotatable bonds is 8. The molecule has 3 amide bonds. The van der Waals surface area contributed by atoms with Crippen LogP contribution in [0.1, 0.15) is 45.2 Å². The number of anilines is 1. The summed E-state index contributed by atoms with van der Waals surface area (Å²) in [7, 11) is 0. The fourth-order valence-corrected chi connectivity index (χ4v) is 3.92. The molecule has 184 valence electrons. The van der Waals surface area contributed by atoms with Crippen molar-refractivity contribution in [3.8, 4) is 0 Å². The van der Waals surface area contributed by atoms with E-state index in [2.05, 4.69) is 10.6 Å². The van der Waals surface area contributed by atoms with E-state index in [1.54, 1.807) is 18.7 Å². The molecule has 0 fully saturated rings. The standard InChI is InChI=1S/C26H34N4O3.ClH/c1-17(2)14-20(29-25(33)26(3,4)27)23(31)28-21-15-19-12-8-9-13-22(19)30(24(21)32)16-18-10-6-5-7-11-18;/h5-13,17,20-21H,14-16,27H2,1-4H3,(H,28,31)(H,29,33);1H/t20-,21?;/m1./s1. The van der Waals surface area contributed by atoms with Gasteiger partial charge in [0.2, 0.25) is 17.7 Å². The van der Waals surface area contributed by atoms with Gasteiger partial charge in [0.1, 0.15) is 12.1 Å². The molecule has 2 aromatic carbocycles. The number of nitrogens with zero attached hydrogens (tertiary/aromatic N) is 1. The maximum atomic E-state index is 13.5. The second-order valence-corrected chi connectivity index (χ2v) is 9.68. The topological polar surface area (TPSA) is 105 Å². The van der Waals surface area contributed by atoms with Crippen molar-refractivity contribution in [2.24, 2.45) is 11.7 Å². The van der Waals surface area contributed by atoms with Crippen LogP contribution in [0.25, 0.3) is 0 Å². The molecule has 1 unspecified atom stereocenters. The molecule has 0 bridgehead atoms. The minimum absolute atomic E-state index is 0. The zero-order chi connectivity index (χ0) is 24.2. The zero-order valence-corrected chi connectivity index (χ0v) is 21.0. The highest BCUT2D eigenvalue weighted by Gasteiger charge is 2.36. The normalized spacial score (nSPS) is 16.4. The summed E-state index contributed by atoms with van der Waals surface area (Å²) in [5.74, 6) is -0.785. The van der Waals surface area contributed by atoms with Gasteiger partial charge >= 0.3 is 0 Å². The van der Waals surface area contributed by atoms with Crippen molar-refractivity contribution in [1.82, 2.24) is 10.6 Å². The summed E-state index contributed by atoms with van der Waals surface area (Å²) in [6.45, 7) is 7.55. The van der Waals surface area contributed by atoms with Crippen LogP contribution in [0.15, 0.2) is 54.6 Å². The van der Waals surface area contributed by atoms with Crippen molar-refractivity contribution in [3.05, 3.63) is 65.7 Å². The SMILES string of the molecule is CC(C)C[C@@H](NC(=O)C(C)(C)N)C(=O)NC1Cc2ccccc2N(Cc2ccccc2)C1=O.Cl. The molecule has 0 spiro atoms. The van der Waals surface area contributed by atoms with E-state index in [9.17, 15) is 14.4 Å². The smallest absolute Gasteiger partial charge is 0.250 e. The Morgan fingerprint density at radius 3 is 2.32 bits per heavy atom. The van der Waals surface area contributed by atoms with Crippen LogP contribution in [0.3, 0.4) is 0 Å². The van der Waals surface area contributed by atoms with E-state index < -0.39 is 23.5 Å². The molecule has 0 radical (unpaired) electrons. The predicted octanol–water partition coefficient (Wildman–Crippen LogP) is 2.95. The van der Waals surface area contributed by atoms with Gasteiger partial charge in [0.25, 0.3) is 0 Å². The number of carbonyl (C=O) groups excluding carboxylic acids is 3. The summed E-state index contributed by atoms with van der Waals surface area (Å²) in [6.07, 6.45) is 0.843. The molecule has 0 saturated carbocycles. The molecule has 0 aromatic heterocycles. The van der Waals surface area contributed by atoms with Gasteiger partial charge in [-0.3, -0.25) is 14.4 Å². The van der Waals surface area contributed by atoms with Crippen LogP contribution in [0.5, 0.6) is 0 Å². The van der Waals surface area contributed by atoms with Gasteiger partial charge in [-0.15, -0.1) is 12.4 Å². The molecular formula is C26H35ClN4O3. The number of hydrogen-bond acceptors (Lipinski definition) is 4. The maximum Gasteiger partial charge on any atom is 0.250 e. The number of carbonyl (C=O) groups is 3. The molecule has 2 aromatic rings. The lowest BCUT2D eigenvalue weighted by atomic mass is 9.95. The third-order valence-corrected chi connectivity index (χ3v) is 5.68. The Kier molecular flexibility index (Phi) is 9.24. The minimum Gasteiger partial charge on any atom is -0.343 e. The highest BCUT2D eigenvalue weighted by molar-refractivity contribution is 6.02. The molecule has 1 aliphatic rings. The van der Waals surface area contributed by atoms with Crippen LogP contribution >= 0.6 is 12.4 Å². The van der Waals surface area contributed by atoms with Gasteiger partial charge in [0, 0.05) is 12.1 Å². The first kappa shape index (κ1) is 27.3. The largest absolute Gasteiger partial charge is 0.343 e. The average Bonchev–Trinajstić information content (AvgIpc) is 2.75. The van der Waals surface area contributed by atoms with Gasteiger partial charge in [0.15, 0.2) is 0 Å². The number of nitrogens with one attached hydrogen (secondary N) is 2. The van der Waals surface area contributed by atoms with Crippen molar-refractivity contribution < 1.29 is 14.4 Å². The second kappa shape index (κ2) is 11.5. The summed E-state index contributed by atoms with van der Waals surface area (Å²) in [6, 6.07) is 16.0. The average molecular weight is 487 g/mol. The first-order valence-corrected chi connectivity index (χ1v) is 11.4. The summed E-state index contributed by atoms with van der Waals surface area (Å²) < 4.78 is 0. The number of para-hydroxylation sites is 1. The van der Waals surface area contributed by atoms with Crippen LogP contribution < -0.4 is 21.3 Å². The van der Waals surface area contributed by atoms with Crippen LogP contribution in [0, 0.1) is 5.92 Å². The Morgan fingerprint density at radius 1 is 1.09 bits per heavy atom. The first-order chi connectivity index (χ1) is 15.6. The van der Waals surface area contributed by atoms with Crippen molar-refractivity contribution in [3.63, 3.8) is 0 Å². The summed E-state index contributed by atoms with van der Waals surface area (Å²) in [4.78, 5) is 40.8. The summed E-state index contributed by atoms with van der Waals surface area (Å²) in [5.41, 5.74) is 7.64. The minimum atomic E-state index is -1.11. The molecule has 8 heteroatoms. The maximum absolute atomic E-state index is 13.5. The number of hydrogen-bond donors (Lipinski definition) is 3.